The molecule has 2 aromatic heterocycles. The summed E-state index contributed by atoms with van der Waals surface area (Å²) in [7, 11) is 0. The van der Waals surface area contributed by atoms with Crippen molar-refractivity contribution in [1.29, 1.82) is 0 Å². The third kappa shape index (κ3) is 3.97. The Balaban J connectivity index is 2.04. The number of hydrogen-bond acceptors (Lipinski definition) is 3. The molecule has 2 heterocycles. The molecule has 0 saturated carbocycles. The zero-order valence-corrected chi connectivity index (χ0v) is 15.8. The summed E-state index contributed by atoms with van der Waals surface area (Å²) in [5.74, 6) is -0.366. The number of benzene rings is 1. The van der Waals surface area contributed by atoms with E-state index in [1.54, 1.807) is 12.4 Å². The molecule has 5 nitrogen and oxygen atoms in total. The van der Waals surface area contributed by atoms with E-state index >= 15 is 0 Å². The Kier molecular flexibility index (Phi) is 5.50. The predicted molar refractivity (Wildman–Crippen MR) is 107 cm³/mol. The normalized spacial score (nSPS) is 10.6. The monoisotopic (exact) mass is 361 g/mol. The SMILES string of the molecule is CCc1c(C(=O)Nc2ccccc2C)c(=O)cc(C)n1Cc1ccncc1. The van der Waals surface area contributed by atoms with Crippen LogP contribution in [0.25, 0.3) is 0 Å². The zero-order valence-electron chi connectivity index (χ0n) is 15.8. The maximum absolute atomic E-state index is 12.9. The van der Waals surface area contributed by atoms with E-state index in [9.17, 15) is 9.59 Å². The maximum Gasteiger partial charge on any atom is 0.261 e. The molecule has 0 bridgehead atoms. The highest BCUT2D eigenvalue weighted by molar-refractivity contribution is 6.05. The van der Waals surface area contributed by atoms with Crippen LogP contribution < -0.4 is 10.7 Å². The van der Waals surface area contributed by atoms with Crippen LogP contribution in [-0.2, 0) is 13.0 Å². The molecule has 1 amide bonds. The highest BCUT2D eigenvalue weighted by Gasteiger charge is 2.20. The van der Waals surface area contributed by atoms with Crippen LogP contribution in [0.15, 0.2) is 59.7 Å². The molecule has 1 aromatic carbocycles. The van der Waals surface area contributed by atoms with Gasteiger partial charge in [0.15, 0.2) is 5.43 Å². The van der Waals surface area contributed by atoms with Gasteiger partial charge in [0.25, 0.3) is 5.91 Å². The molecule has 0 radical (unpaired) electrons. The smallest absolute Gasteiger partial charge is 0.261 e. The first kappa shape index (κ1) is 18.6. The van der Waals surface area contributed by atoms with Gasteiger partial charge in [0.2, 0.25) is 0 Å². The number of nitrogens with one attached hydrogen (secondary N) is 1. The summed E-state index contributed by atoms with van der Waals surface area (Å²) in [4.78, 5) is 29.6. The number of anilines is 1. The minimum atomic E-state index is -0.366. The molecule has 3 rings (SSSR count). The van der Waals surface area contributed by atoms with Gasteiger partial charge in [-0.05, 0) is 49.6 Å². The predicted octanol–water partition coefficient (Wildman–Crippen LogP) is 3.72. The number of aryl methyl sites for hydroxylation is 2. The maximum atomic E-state index is 12.9. The van der Waals surface area contributed by atoms with Gasteiger partial charge in [-0.25, -0.2) is 0 Å². The Morgan fingerprint density at radius 2 is 1.81 bits per heavy atom. The first-order chi connectivity index (χ1) is 13.0. The Hall–Kier alpha value is -3.21. The van der Waals surface area contributed by atoms with Crippen molar-refractivity contribution in [2.75, 3.05) is 5.32 Å². The second kappa shape index (κ2) is 7.99. The minimum absolute atomic E-state index is 0.209. The van der Waals surface area contributed by atoms with E-state index in [0.717, 1.165) is 22.5 Å². The molecule has 0 aliphatic carbocycles. The van der Waals surface area contributed by atoms with Crippen molar-refractivity contribution in [3.63, 3.8) is 0 Å². The Bertz CT molecular complexity index is 1020. The number of aromatic nitrogens is 2. The topological polar surface area (TPSA) is 64.0 Å². The van der Waals surface area contributed by atoms with Crippen LogP contribution >= 0.6 is 0 Å². The van der Waals surface area contributed by atoms with E-state index in [-0.39, 0.29) is 16.9 Å². The van der Waals surface area contributed by atoms with Gasteiger partial charge in [0.1, 0.15) is 5.56 Å². The number of pyridine rings is 2. The van der Waals surface area contributed by atoms with E-state index in [1.165, 1.54) is 6.07 Å². The molecule has 0 fully saturated rings. The molecule has 0 unspecified atom stereocenters. The molecule has 27 heavy (non-hydrogen) atoms. The lowest BCUT2D eigenvalue weighted by Gasteiger charge is -2.19. The van der Waals surface area contributed by atoms with Crippen molar-refractivity contribution in [2.24, 2.45) is 0 Å². The number of nitrogens with zero attached hydrogens (tertiary/aromatic N) is 2. The molecule has 3 aromatic rings. The molecule has 5 heteroatoms. The van der Waals surface area contributed by atoms with E-state index in [0.29, 0.717) is 18.7 Å². The third-order valence-electron chi connectivity index (χ3n) is 4.67. The van der Waals surface area contributed by atoms with Gasteiger partial charge in [-0.1, -0.05) is 25.1 Å². The Labute approximate surface area is 158 Å². The summed E-state index contributed by atoms with van der Waals surface area (Å²) < 4.78 is 2.03. The average molecular weight is 361 g/mol. The van der Waals surface area contributed by atoms with Crippen molar-refractivity contribution >= 4 is 11.6 Å². The number of amides is 1. The number of carbonyl (C=O) groups excluding carboxylic acids is 1. The standard InChI is InChI=1S/C22H23N3O2/c1-4-19-21(22(27)24-18-8-6-5-7-15(18)2)20(26)13-16(3)25(19)14-17-9-11-23-12-10-17/h5-13H,4,14H2,1-3H3,(H,24,27). The summed E-state index contributed by atoms with van der Waals surface area (Å²) in [6, 6.07) is 12.9. The van der Waals surface area contributed by atoms with Crippen LogP contribution in [0.5, 0.6) is 0 Å². The highest BCUT2D eigenvalue weighted by Crippen LogP contribution is 2.17. The fourth-order valence-electron chi connectivity index (χ4n) is 3.23. The lowest BCUT2D eigenvalue weighted by atomic mass is 10.1. The molecule has 0 spiro atoms. The van der Waals surface area contributed by atoms with Crippen LogP contribution in [0.4, 0.5) is 5.69 Å². The van der Waals surface area contributed by atoms with E-state index in [4.69, 9.17) is 0 Å². The van der Waals surface area contributed by atoms with Gasteiger partial charge in [-0.2, -0.15) is 0 Å². The Morgan fingerprint density at radius 3 is 2.48 bits per heavy atom. The first-order valence-corrected chi connectivity index (χ1v) is 9.00. The average Bonchev–Trinajstić information content (AvgIpc) is 2.66. The molecule has 0 aliphatic rings. The fourth-order valence-corrected chi connectivity index (χ4v) is 3.23. The number of para-hydroxylation sites is 1. The summed E-state index contributed by atoms with van der Waals surface area (Å²) in [5.41, 5.74) is 4.26. The summed E-state index contributed by atoms with van der Waals surface area (Å²) >= 11 is 0. The van der Waals surface area contributed by atoms with Crippen molar-refractivity contribution in [3.8, 4) is 0 Å². The molecule has 138 valence electrons. The van der Waals surface area contributed by atoms with Gasteiger partial charge in [0, 0.05) is 42.1 Å². The van der Waals surface area contributed by atoms with Gasteiger partial charge in [-0.15, -0.1) is 0 Å². The van der Waals surface area contributed by atoms with E-state index in [2.05, 4.69) is 10.3 Å². The highest BCUT2D eigenvalue weighted by atomic mass is 16.2. The first-order valence-electron chi connectivity index (χ1n) is 9.00. The minimum Gasteiger partial charge on any atom is -0.343 e. The number of hydrogen-bond donors (Lipinski definition) is 1. The van der Waals surface area contributed by atoms with E-state index < -0.39 is 0 Å². The number of carbonyl (C=O) groups is 1. The van der Waals surface area contributed by atoms with E-state index in [1.807, 2.05) is 61.7 Å². The lowest BCUT2D eigenvalue weighted by Crippen LogP contribution is -2.28. The summed E-state index contributed by atoms with van der Waals surface area (Å²) in [6.07, 6.45) is 4.06. The van der Waals surface area contributed by atoms with Crippen LogP contribution in [0.3, 0.4) is 0 Å². The molecule has 0 saturated heterocycles. The summed E-state index contributed by atoms with van der Waals surface area (Å²) in [5, 5.41) is 2.89. The second-order valence-electron chi connectivity index (χ2n) is 6.54. The van der Waals surface area contributed by atoms with Crippen LogP contribution in [0, 0.1) is 13.8 Å². The van der Waals surface area contributed by atoms with Gasteiger partial charge < -0.3 is 9.88 Å². The van der Waals surface area contributed by atoms with Crippen LogP contribution in [0.2, 0.25) is 0 Å². The second-order valence-corrected chi connectivity index (χ2v) is 6.54. The van der Waals surface area contributed by atoms with Crippen LogP contribution in [-0.4, -0.2) is 15.5 Å². The van der Waals surface area contributed by atoms with Crippen LogP contribution in [0.1, 0.15) is 39.8 Å². The lowest BCUT2D eigenvalue weighted by molar-refractivity contribution is 0.102. The quantitative estimate of drug-likeness (QED) is 0.753. The molecular formula is C22H23N3O2. The van der Waals surface area contributed by atoms with Gasteiger partial charge in [0.05, 0.1) is 0 Å². The molecular weight excluding hydrogens is 338 g/mol. The fraction of sp³-hybridized carbons (Fsp3) is 0.227. The Morgan fingerprint density at radius 1 is 1.11 bits per heavy atom. The van der Waals surface area contributed by atoms with Gasteiger partial charge >= 0.3 is 0 Å². The largest absolute Gasteiger partial charge is 0.343 e. The van der Waals surface area contributed by atoms with Crippen molar-refractivity contribution in [1.82, 2.24) is 9.55 Å². The molecule has 0 aliphatic heterocycles. The van der Waals surface area contributed by atoms with Crippen molar-refractivity contribution in [2.45, 2.75) is 33.7 Å². The van der Waals surface area contributed by atoms with Crippen molar-refractivity contribution < 1.29 is 4.79 Å². The number of rotatable bonds is 5. The van der Waals surface area contributed by atoms with Gasteiger partial charge in [-0.3, -0.25) is 14.6 Å². The molecule has 0 atom stereocenters. The molecule has 1 N–H and O–H groups in total. The summed E-state index contributed by atoms with van der Waals surface area (Å²) in [6.45, 7) is 6.36. The van der Waals surface area contributed by atoms with Crippen molar-refractivity contribution in [3.05, 3.63) is 93.2 Å². The third-order valence-corrected chi connectivity index (χ3v) is 4.67. The zero-order chi connectivity index (χ0) is 19.4.